The lowest BCUT2D eigenvalue weighted by Gasteiger charge is -2.14. The third kappa shape index (κ3) is 3.00. The Kier molecular flexibility index (Phi) is 4.88. The smallest absolute Gasteiger partial charge is 0.145 e. The van der Waals surface area contributed by atoms with Crippen LogP contribution in [0.3, 0.4) is 0 Å². The second kappa shape index (κ2) is 6.67. The maximum Gasteiger partial charge on any atom is 0.145 e. The van der Waals surface area contributed by atoms with Gasteiger partial charge < -0.3 is 10.1 Å². The minimum atomic E-state index is 0. The highest BCUT2D eigenvalue weighted by molar-refractivity contribution is 5.96. The van der Waals surface area contributed by atoms with E-state index in [1.165, 1.54) is 5.56 Å². The van der Waals surface area contributed by atoms with Gasteiger partial charge in [-0.15, -0.1) is 12.4 Å². The molecule has 3 aromatic rings. The number of aromatic nitrogens is 1. The number of fused-ring (bicyclic) bond motifs is 1. The third-order valence-corrected chi connectivity index (χ3v) is 3.56. The summed E-state index contributed by atoms with van der Waals surface area (Å²) in [6, 6.07) is 16.3. The van der Waals surface area contributed by atoms with Crippen molar-refractivity contribution < 1.29 is 4.74 Å². The van der Waals surface area contributed by atoms with Crippen molar-refractivity contribution in [3.05, 3.63) is 59.8 Å². The topological polar surface area (TPSA) is 34.1 Å². The summed E-state index contributed by atoms with van der Waals surface area (Å²) in [4.78, 5) is 4.61. The summed E-state index contributed by atoms with van der Waals surface area (Å²) < 4.78 is 5.42. The first-order valence-corrected chi connectivity index (χ1v) is 6.96. The monoisotopic (exact) mass is 314 g/mol. The van der Waals surface area contributed by atoms with Gasteiger partial charge in [0.2, 0.25) is 0 Å². The summed E-state index contributed by atoms with van der Waals surface area (Å²) in [7, 11) is 1.67. The van der Waals surface area contributed by atoms with E-state index in [0.717, 1.165) is 33.7 Å². The Hall–Kier alpha value is -2.26. The SMILES string of the molecule is COc1cccc2c(Nc3ccccc3C)cc(C)nc12.Cl. The average Bonchev–Trinajstić information content (AvgIpc) is 2.49. The Morgan fingerprint density at radius 2 is 1.73 bits per heavy atom. The highest BCUT2D eigenvalue weighted by atomic mass is 35.5. The molecule has 0 radical (unpaired) electrons. The summed E-state index contributed by atoms with van der Waals surface area (Å²) in [5.74, 6) is 0.795. The van der Waals surface area contributed by atoms with Crippen LogP contribution < -0.4 is 10.1 Å². The molecule has 1 N–H and O–H groups in total. The van der Waals surface area contributed by atoms with Crippen molar-refractivity contribution in [1.29, 1.82) is 0 Å². The van der Waals surface area contributed by atoms with E-state index in [1.807, 2.05) is 31.2 Å². The van der Waals surface area contributed by atoms with Crippen LogP contribution >= 0.6 is 12.4 Å². The number of nitrogens with zero attached hydrogens (tertiary/aromatic N) is 1. The summed E-state index contributed by atoms with van der Waals surface area (Å²) in [6.45, 7) is 4.09. The van der Waals surface area contributed by atoms with Gasteiger partial charge in [-0.05, 0) is 37.6 Å². The van der Waals surface area contributed by atoms with Gasteiger partial charge in [0.15, 0.2) is 0 Å². The van der Waals surface area contributed by atoms with Crippen LogP contribution in [0.2, 0.25) is 0 Å². The molecular formula is C18H19ClN2O. The average molecular weight is 315 g/mol. The predicted octanol–water partition coefficient (Wildman–Crippen LogP) is 5.03. The van der Waals surface area contributed by atoms with Gasteiger partial charge in [-0.25, -0.2) is 4.98 Å². The molecule has 0 aliphatic rings. The number of halogens is 1. The molecule has 0 bridgehead atoms. The van der Waals surface area contributed by atoms with Gasteiger partial charge in [0.05, 0.1) is 7.11 Å². The number of pyridine rings is 1. The molecule has 3 rings (SSSR count). The Morgan fingerprint density at radius 3 is 2.45 bits per heavy atom. The lowest BCUT2D eigenvalue weighted by atomic mass is 10.1. The van der Waals surface area contributed by atoms with Crippen LogP contribution in [0, 0.1) is 13.8 Å². The van der Waals surface area contributed by atoms with Gasteiger partial charge in [-0.2, -0.15) is 0 Å². The molecule has 4 heteroatoms. The lowest BCUT2D eigenvalue weighted by molar-refractivity contribution is 0.419. The lowest BCUT2D eigenvalue weighted by Crippen LogP contribution is -1.97. The highest BCUT2D eigenvalue weighted by Gasteiger charge is 2.09. The van der Waals surface area contributed by atoms with Crippen molar-refractivity contribution in [2.24, 2.45) is 0 Å². The van der Waals surface area contributed by atoms with Gasteiger partial charge in [0, 0.05) is 22.5 Å². The highest BCUT2D eigenvalue weighted by Crippen LogP contribution is 2.32. The summed E-state index contributed by atoms with van der Waals surface area (Å²) >= 11 is 0. The predicted molar refractivity (Wildman–Crippen MR) is 94.7 cm³/mol. The first kappa shape index (κ1) is 16.1. The summed E-state index contributed by atoms with van der Waals surface area (Å²) in [5.41, 5.74) is 5.21. The maximum atomic E-state index is 5.42. The zero-order valence-electron chi connectivity index (χ0n) is 12.9. The Morgan fingerprint density at radius 1 is 0.955 bits per heavy atom. The number of anilines is 2. The van der Waals surface area contributed by atoms with E-state index < -0.39 is 0 Å². The molecule has 22 heavy (non-hydrogen) atoms. The standard InChI is InChI=1S/C18H18N2O.ClH/c1-12-7-4-5-9-15(12)20-16-11-13(2)19-18-14(16)8-6-10-17(18)21-3;/h4-11H,1-3H3,(H,19,20);1H. The molecule has 0 atom stereocenters. The molecule has 0 saturated heterocycles. The number of benzene rings is 2. The Labute approximate surface area is 136 Å². The number of hydrogen-bond donors (Lipinski definition) is 1. The summed E-state index contributed by atoms with van der Waals surface area (Å²) in [5, 5.41) is 4.57. The van der Waals surface area contributed by atoms with Crippen LogP contribution in [0.4, 0.5) is 11.4 Å². The van der Waals surface area contributed by atoms with Crippen LogP contribution in [-0.2, 0) is 0 Å². The molecule has 0 saturated carbocycles. The quantitative estimate of drug-likeness (QED) is 0.736. The second-order valence-corrected chi connectivity index (χ2v) is 5.11. The number of methoxy groups -OCH3 is 1. The number of nitrogens with one attached hydrogen (secondary N) is 1. The second-order valence-electron chi connectivity index (χ2n) is 5.11. The summed E-state index contributed by atoms with van der Waals surface area (Å²) in [6.07, 6.45) is 0. The molecule has 2 aromatic carbocycles. The number of ether oxygens (including phenoxy) is 1. The number of para-hydroxylation sites is 2. The van der Waals surface area contributed by atoms with Gasteiger partial charge >= 0.3 is 0 Å². The van der Waals surface area contributed by atoms with Gasteiger partial charge in [-0.1, -0.05) is 30.3 Å². The molecule has 1 aromatic heterocycles. The normalized spacial score (nSPS) is 10.1. The molecule has 0 amide bonds. The zero-order valence-corrected chi connectivity index (χ0v) is 13.7. The number of aryl methyl sites for hydroxylation is 2. The van der Waals surface area contributed by atoms with Crippen LogP contribution in [0.5, 0.6) is 5.75 Å². The van der Waals surface area contributed by atoms with E-state index in [4.69, 9.17) is 4.74 Å². The van der Waals surface area contributed by atoms with E-state index in [-0.39, 0.29) is 12.4 Å². The van der Waals surface area contributed by atoms with E-state index in [1.54, 1.807) is 7.11 Å². The van der Waals surface area contributed by atoms with Crippen LogP contribution in [0.15, 0.2) is 48.5 Å². The third-order valence-electron chi connectivity index (χ3n) is 3.56. The molecule has 0 aliphatic carbocycles. The molecule has 114 valence electrons. The first-order valence-electron chi connectivity index (χ1n) is 6.96. The van der Waals surface area contributed by atoms with Crippen molar-refractivity contribution in [3.63, 3.8) is 0 Å². The fourth-order valence-electron chi connectivity index (χ4n) is 2.48. The van der Waals surface area contributed by atoms with Crippen molar-refractivity contribution in [2.45, 2.75) is 13.8 Å². The zero-order chi connectivity index (χ0) is 14.8. The van der Waals surface area contributed by atoms with Crippen LogP contribution in [0.1, 0.15) is 11.3 Å². The molecule has 1 heterocycles. The minimum absolute atomic E-state index is 0. The number of hydrogen-bond acceptors (Lipinski definition) is 3. The molecule has 3 nitrogen and oxygen atoms in total. The van der Waals surface area contributed by atoms with Gasteiger partial charge in [0.1, 0.15) is 11.3 Å². The van der Waals surface area contributed by atoms with E-state index >= 15 is 0 Å². The Bertz CT molecular complexity index is 802. The van der Waals surface area contributed by atoms with E-state index in [2.05, 4.69) is 41.5 Å². The first-order chi connectivity index (χ1) is 10.2. The fourth-order valence-corrected chi connectivity index (χ4v) is 2.48. The van der Waals surface area contributed by atoms with Gasteiger partial charge in [0.25, 0.3) is 0 Å². The van der Waals surface area contributed by atoms with E-state index in [0.29, 0.717) is 0 Å². The van der Waals surface area contributed by atoms with Crippen LogP contribution in [-0.4, -0.2) is 12.1 Å². The largest absolute Gasteiger partial charge is 0.494 e. The van der Waals surface area contributed by atoms with E-state index in [9.17, 15) is 0 Å². The molecule has 0 aliphatic heterocycles. The van der Waals surface area contributed by atoms with Crippen molar-refractivity contribution in [1.82, 2.24) is 4.98 Å². The number of rotatable bonds is 3. The Balaban J connectivity index is 0.00000176. The molecular weight excluding hydrogens is 296 g/mol. The van der Waals surface area contributed by atoms with Crippen molar-refractivity contribution >= 4 is 34.7 Å². The molecule has 0 spiro atoms. The molecule has 0 unspecified atom stereocenters. The van der Waals surface area contributed by atoms with Gasteiger partial charge in [-0.3, -0.25) is 0 Å². The van der Waals surface area contributed by atoms with Crippen molar-refractivity contribution in [2.75, 3.05) is 12.4 Å². The molecule has 0 fully saturated rings. The van der Waals surface area contributed by atoms with Crippen molar-refractivity contribution in [3.8, 4) is 5.75 Å². The fraction of sp³-hybridized carbons (Fsp3) is 0.167. The van der Waals surface area contributed by atoms with Crippen LogP contribution in [0.25, 0.3) is 10.9 Å². The minimum Gasteiger partial charge on any atom is -0.494 e. The maximum absolute atomic E-state index is 5.42.